The number of aromatic nitrogens is 1. The van der Waals surface area contributed by atoms with Crippen molar-refractivity contribution in [2.24, 2.45) is 5.92 Å². The van der Waals surface area contributed by atoms with Gasteiger partial charge in [0.25, 0.3) is 0 Å². The van der Waals surface area contributed by atoms with Crippen LogP contribution in [0.25, 0.3) is 0 Å². The topological polar surface area (TPSA) is 62.7 Å². The van der Waals surface area contributed by atoms with Crippen LogP contribution in [0.2, 0.25) is 0 Å². The molecule has 1 fully saturated rings. The number of rotatable bonds is 6. The lowest BCUT2D eigenvalue weighted by Gasteiger charge is -2.37. The first kappa shape index (κ1) is 18.4. The van der Waals surface area contributed by atoms with E-state index in [1.54, 1.807) is 7.11 Å². The molecule has 0 saturated carbocycles. The number of benzene rings is 1. The normalized spacial score (nSPS) is 19.1. The minimum Gasteiger partial charge on any atom is -0.497 e. The summed E-state index contributed by atoms with van der Waals surface area (Å²) in [4.78, 5) is 18.5. The minimum absolute atomic E-state index is 0.0712. The molecule has 5 nitrogen and oxygen atoms in total. The number of hydrogen-bond acceptors (Lipinski definition) is 4. The molecule has 0 aliphatic carbocycles. The van der Waals surface area contributed by atoms with Crippen LogP contribution in [0.5, 0.6) is 5.75 Å². The molecule has 1 aliphatic rings. The van der Waals surface area contributed by atoms with Gasteiger partial charge in [-0.15, -0.1) is 0 Å². The molecule has 0 spiro atoms. The Balaban J connectivity index is 1.98. The molecule has 138 valence electrons. The molecule has 3 rings (SSSR count). The van der Waals surface area contributed by atoms with E-state index in [4.69, 9.17) is 9.72 Å². The molecule has 1 aromatic heterocycles. The van der Waals surface area contributed by atoms with Crippen molar-refractivity contribution in [1.29, 1.82) is 0 Å². The number of piperidine rings is 1. The van der Waals surface area contributed by atoms with E-state index in [1.807, 2.05) is 24.4 Å². The number of nitrogens with zero attached hydrogens (tertiary/aromatic N) is 2. The second kappa shape index (κ2) is 8.32. The summed E-state index contributed by atoms with van der Waals surface area (Å²) in [6.45, 7) is 3.51. The second-order valence-electron chi connectivity index (χ2n) is 6.80. The molecule has 0 bridgehead atoms. The van der Waals surface area contributed by atoms with Gasteiger partial charge >= 0.3 is 5.97 Å². The molecule has 2 unspecified atom stereocenters. The Hall–Kier alpha value is -2.40. The van der Waals surface area contributed by atoms with Gasteiger partial charge in [-0.05, 0) is 55.1 Å². The molecule has 2 atom stereocenters. The van der Waals surface area contributed by atoms with Gasteiger partial charge in [0.2, 0.25) is 0 Å². The number of carboxylic acids is 1. The highest BCUT2D eigenvalue weighted by Crippen LogP contribution is 2.33. The van der Waals surface area contributed by atoms with Gasteiger partial charge in [0, 0.05) is 12.7 Å². The number of hydrogen-bond donors (Lipinski definition) is 1. The van der Waals surface area contributed by atoms with Crippen LogP contribution in [-0.4, -0.2) is 41.2 Å². The van der Waals surface area contributed by atoms with Crippen molar-refractivity contribution >= 4 is 5.97 Å². The first-order valence-electron chi connectivity index (χ1n) is 9.18. The number of aryl methyl sites for hydroxylation is 1. The molecule has 26 heavy (non-hydrogen) atoms. The molecule has 0 radical (unpaired) electrons. The first-order chi connectivity index (χ1) is 12.6. The number of likely N-dealkylation sites (tertiary alicyclic amines) is 1. The average molecular weight is 354 g/mol. The molecule has 2 heterocycles. The lowest BCUT2D eigenvalue weighted by molar-refractivity contribution is -0.143. The Labute approximate surface area is 154 Å². The predicted molar refractivity (Wildman–Crippen MR) is 100 cm³/mol. The molecule has 1 N–H and O–H groups in total. The molecule has 1 aliphatic heterocycles. The molecular weight excluding hydrogens is 328 g/mol. The van der Waals surface area contributed by atoms with Crippen molar-refractivity contribution < 1.29 is 14.6 Å². The fourth-order valence-electron chi connectivity index (χ4n) is 3.63. The largest absolute Gasteiger partial charge is 0.497 e. The van der Waals surface area contributed by atoms with Gasteiger partial charge in [0.15, 0.2) is 0 Å². The smallest absolute Gasteiger partial charge is 0.307 e. The molecule has 2 aromatic rings. The van der Waals surface area contributed by atoms with E-state index in [2.05, 4.69) is 30.0 Å². The fraction of sp³-hybridized carbons (Fsp3) is 0.429. The average Bonchev–Trinajstić information content (AvgIpc) is 2.69. The zero-order valence-corrected chi connectivity index (χ0v) is 15.4. The van der Waals surface area contributed by atoms with E-state index >= 15 is 0 Å². The Bertz CT molecular complexity index is 745. The Morgan fingerprint density at radius 2 is 2.23 bits per heavy atom. The van der Waals surface area contributed by atoms with Crippen molar-refractivity contribution in [2.45, 2.75) is 32.2 Å². The summed E-state index contributed by atoms with van der Waals surface area (Å²) < 4.78 is 5.39. The predicted octanol–water partition coefficient (Wildman–Crippen LogP) is 3.54. The highest BCUT2D eigenvalue weighted by molar-refractivity contribution is 5.70. The lowest BCUT2D eigenvalue weighted by Crippen LogP contribution is -2.41. The maximum atomic E-state index is 11.5. The summed E-state index contributed by atoms with van der Waals surface area (Å²) in [6.07, 6.45) is 4.48. The quantitative estimate of drug-likeness (QED) is 0.860. The number of methoxy groups -OCH3 is 1. The standard InChI is InChI=1S/C21H26N2O3/c1-3-15-9-10-19(22-13-15)20(16-6-4-8-18(12-16)26-2)23-11-5-7-17(14-23)21(24)25/h4,6,8-10,12-13,17,20H,3,5,7,11,14H2,1-2H3,(H,24,25). The summed E-state index contributed by atoms with van der Waals surface area (Å²) in [5.74, 6) is -0.246. The van der Waals surface area contributed by atoms with Gasteiger partial charge in [0.1, 0.15) is 5.75 Å². The molecule has 0 amide bonds. The SMILES string of the molecule is CCc1ccc(C(c2cccc(OC)c2)N2CCCC(C(=O)O)C2)nc1. The third-order valence-electron chi connectivity index (χ3n) is 5.11. The van der Waals surface area contributed by atoms with E-state index in [-0.39, 0.29) is 12.0 Å². The van der Waals surface area contributed by atoms with E-state index in [9.17, 15) is 9.90 Å². The van der Waals surface area contributed by atoms with Crippen molar-refractivity contribution in [3.8, 4) is 5.75 Å². The highest BCUT2D eigenvalue weighted by Gasteiger charge is 2.32. The number of pyridine rings is 1. The Kier molecular flexibility index (Phi) is 5.89. The molecule has 1 aromatic carbocycles. The number of ether oxygens (including phenoxy) is 1. The van der Waals surface area contributed by atoms with Crippen LogP contribution >= 0.6 is 0 Å². The summed E-state index contributed by atoms with van der Waals surface area (Å²) in [7, 11) is 1.66. The van der Waals surface area contributed by atoms with Gasteiger partial charge in [-0.1, -0.05) is 25.1 Å². The van der Waals surface area contributed by atoms with Crippen molar-refractivity contribution in [3.63, 3.8) is 0 Å². The van der Waals surface area contributed by atoms with Crippen LogP contribution in [0.3, 0.4) is 0 Å². The number of carboxylic acid groups (broad SMARTS) is 1. The van der Waals surface area contributed by atoms with Gasteiger partial charge in [-0.3, -0.25) is 14.7 Å². The van der Waals surface area contributed by atoms with Crippen LogP contribution in [0.1, 0.15) is 42.6 Å². The lowest BCUT2D eigenvalue weighted by atomic mass is 9.93. The first-order valence-corrected chi connectivity index (χ1v) is 9.18. The maximum absolute atomic E-state index is 11.5. The highest BCUT2D eigenvalue weighted by atomic mass is 16.5. The monoisotopic (exact) mass is 354 g/mol. The third-order valence-corrected chi connectivity index (χ3v) is 5.11. The van der Waals surface area contributed by atoms with Crippen LogP contribution < -0.4 is 4.74 Å². The summed E-state index contributed by atoms with van der Waals surface area (Å²) in [6, 6.07) is 12.1. The summed E-state index contributed by atoms with van der Waals surface area (Å²) >= 11 is 0. The minimum atomic E-state index is -0.714. The van der Waals surface area contributed by atoms with Gasteiger partial charge < -0.3 is 9.84 Å². The summed E-state index contributed by atoms with van der Waals surface area (Å²) in [5.41, 5.74) is 3.22. The zero-order chi connectivity index (χ0) is 18.5. The van der Waals surface area contributed by atoms with Crippen LogP contribution in [0, 0.1) is 5.92 Å². The van der Waals surface area contributed by atoms with Crippen LogP contribution in [-0.2, 0) is 11.2 Å². The van der Waals surface area contributed by atoms with Crippen LogP contribution in [0.15, 0.2) is 42.6 Å². The van der Waals surface area contributed by atoms with E-state index in [0.717, 1.165) is 42.8 Å². The fourth-order valence-corrected chi connectivity index (χ4v) is 3.63. The van der Waals surface area contributed by atoms with Gasteiger partial charge in [0.05, 0.1) is 24.8 Å². The molecular formula is C21H26N2O3. The van der Waals surface area contributed by atoms with Gasteiger partial charge in [-0.2, -0.15) is 0 Å². The Morgan fingerprint density at radius 1 is 1.38 bits per heavy atom. The van der Waals surface area contributed by atoms with Crippen molar-refractivity contribution in [2.75, 3.05) is 20.2 Å². The van der Waals surface area contributed by atoms with Gasteiger partial charge in [-0.25, -0.2) is 0 Å². The number of carbonyl (C=O) groups is 1. The van der Waals surface area contributed by atoms with Crippen molar-refractivity contribution in [1.82, 2.24) is 9.88 Å². The summed E-state index contributed by atoms with van der Waals surface area (Å²) in [5, 5.41) is 9.47. The zero-order valence-electron chi connectivity index (χ0n) is 15.4. The van der Waals surface area contributed by atoms with Crippen molar-refractivity contribution in [3.05, 3.63) is 59.4 Å². The number of aliphatic carboxylic acids is 1. The van der Waals surface area contributed by atoms with E-state index < -0.39 is 5.97 Å². The van der Waals surface area contributed by atoms with E-state index in [1.165, 1.54) is 5.56 Å². The van der Waals surface area contributed by atoms with E-state index in [0.29, 0.717) is 6.54 Å². The maximum Gasteiger partial charge on any atom is 0.307 e. The Morgan fingerprint density at radius 3 is 2.88 bits per heavy atom. The molecule has 5 heteroatoms. The van der Waals surface area contributed by atoms with Crippen LogP contribution in [0.4, 0.5) is 0 Å². The molecule has 1 saturated heterocycles. The third kappa shape index (κ3) is 4.05. The second-order valence-corrected chi connectivity index (χ2v) is 6.80.